The van der Waals surface area contributed by atoms with E-state index in [0.717, 1.165) is 5.69 Å². The van der Waals surface area contributed by atoms with E-state index in [9.17, 15) is 4.79 Å². The molecule has 0 spiro atoms. The third-order valence-corrected chi connectivity index (χ3v) is 5.21. The fourth-order valence-corrected chi connectivity index (χ4v) is 3.72. The summed E-state index contributed by atoms with van der Waals surface area (Å²) in [6.45, 7) is 4.33. The summed E-state index contributed by atoms with van der Waals surface area (Å²) in [6.07, 6.45) is 6.58. The molecule has 0 atom stereocenters. The molecule has 0 heterocycles. The summed E-state index contributed by atoms with van der Waals surface area (Å²) in [5, 5.41) is 3.71. The zero-order valence-corrected chi connectivity index (χ0v) is 13.3. The molecule has 1 aliphatic rings. The Kier molecular flexibility index (Phi) is 5.96. The minimum Gasteiger partial charge on any atom is -0.325 e. The molecule has 2 rings (SSSR count). The van der Waals surface area contributed by atoms with E-state index in [2.05, 4.69) is 31.3 Å². The van der Waals surface area contributed by atoms with Crippen molar-refractivity contribution in [1.82, 2.24) is 0 Å². The van der Waals surface area contributed by atoms with E-state index in [1.54, 1.807) is 0 Å². The maximum atomic E-state index is 12.0. The summed E-state index contributed by atoms with van der Waals surface area (Å²) >= 11 is 1.82. The monoisotopic (exact) mass is 291 g/mol. The van der Waals surface area contributed by atoms with E-state index in [0.29, 0.717) is 16.9 Å². The Morgan fingerprint density at radius 3 is 2.75 bits per heavy atom. The van der Waals surface area contributed by atoms with Gasteiger partial charge in [-0.05, 0) is 36.5 Å². The fourth-order valence-electron chi connectivity index (χ4n) is 2.60. The van der Waals surface area contributed by atoms with Gasteiger partial charge in [0.2, 0.25) is 5.91 Å². The molecule has 0 aromatic heterocycles. The molecule has 20 heavy (non-hydrogen) atoms. The molecule has 0 unspecified atom stereocenters. The van der Waals surface area contributed by atoms with Gasteiger partial charge in [-0.25, -0.2) is 0 Å². The lowest BCUT2D eigenvalue weighted by Crippen LogP contribution is -2.18. The van der Waals surface area contributed by atoms with Crippen molar-refractivity contribution in [2.75, 3.05) is 11.1 Å². The smallest absolute Gasteiger partial charge is 0.234 e. The van der Waals surface area contributed by atoms with Crippen molar-refractivity contribution in [2.24, 2.45) is 0 Å². The van der Waals surface area contributed by atoms with E-state index in [1.807, 2.05) is 23.9 Å². The summed E-state index contributed by atoms with van der Waals surface area (Å²) in [4.78, 5) is 12.0. The van der Waals surface area contributed by atoms with Crippen molar-refractivity contribution in [3.8, 4) is 0 Å². The SMILES string of the molecule is CC(C)c1cccc(NC(=O)CSC2CCCCC2)c1. The lowest BCUT2D eigenvalue weighted by atomic mass is 10.0. The minimum absolute atomic E-state index is 0.126. The van der Waals surface area contributed by atoms with Crippen LogP contribution in [0.15, 0.2) is 24.3 Å². The van der Waals surface area contributed by atoms with Crippen LogP contribution in [-0.4, -0.2) is 16.9 Å². The zero-order chi connectivity index (χ0) is 14.4. The van der Waals surface area contributed by atoms with Crippen LogP contribution in [-0.2, 0) is 4.79 Å². The number of rotatable bonds is 5. The molecule has 1 saturated carbocycles. The maximum absolute atomic E-state index is 12.0. The molecule has 1 aromatic rings. The second kappa shape index (κ2) is 7.72. The van der Waals surface area contributed by atoms with Gasteiger partial charge in [0.25, 0.3) is 0 Å². The number of nitrogens with one attached hydrogen (secondary N) is 1. The van der Waals surface area contributed by atoms with E-state index in [4.69, 9.17) is 0 Å². The van der Waals surface area contributed by atoms with Crippen LogP contribution >= 0.6 is 11.8 Å². The molecule has 1 aliphatic carbocycles. The third kappa shape index (κ3) is 4.86. The molecule has 0 saturated heterocycles. The first-order valence-electron chi connectivity index (χ1n) is 7.66. The lowest BCUT2D eigenvalue weighted by Gasteiger charge is -2.20. The van der Waals surface area contributed by atoms with Crippen LogP contribution < -0.4 is 5.32 Å². The van der Waals surface area contributed by atoms with Crippen molar-refractivity contribution >= 4 is 23.4 Å². The van der Waals surface area contributed by atoms with Crippen molar-refractivity contribution in [1.29, 1.82) is 0 Å². The van der Waals surface area contributed by atoms with E-state index in [-0.39, 0.29) is 5.91 Å². The van der Waals surface area contributed by atoms with Crippen molar-refractivity contribution in [3.63, 3.8) is 0 Å². The number of carbonyl (C=O) groups is 1. The normalized spacial score (nSPS) is 16.4. The van der Waals surface area contributed by atoms with Gasteiger partial charge in [0.1, 0.15) is 0 Å². The third-order valence-electron chi connectivity index (χ3n) is 3.84. The summed E-state index contributed by atoms with van der Waals surface area (Å²) in [5.74, 6) is 1.20. The number of hydrogen-bond donors (Lipinski definition) is 1. The Morgan fingerprint density at radius 2 is 2.05 bits per heavy atom. The molecule has 3 heteroatoms. The average molecular weight is 291 g/mol. The number of anilines is 1. The molecule has 1 fully saturated rings. The topological polar surface area (TPSA) is 29.1 Å². The Labute approximate surface area is 126 Å². The van der Waals surface area contributed by atoms with Gasteiger partial charge in [-0.1, -0.05) is 45.2 Å². The lowest BCUT2D eigenvalue weighted by molar-refractivity contribution is -0.113. The van der Waals surface area contributed by atoms with Crippen molar-refractivity contribution < 1.29 is 4.79 Å². The van der Waals surface area contributed by atoms with Crippen LogP contribution in [0.3, 0.4) is 0 Å². The number of amides is 1. The Morgan fingerprint density at radius 1 is 1.30 bits per heavy atom. The number of hydrogen-bond acceptors (Lipinski definition) is 2. The van der Waals surface area contributed by atoms with Gasteiger partial charge in [0.05, 0.1) is 5.75 Å². The van der Waals surface area contributed by atoms with Crippen molar-refractivity contribution in [2.45, 2.75) is 57.1 Å². The van der Waals surface area contributed by atoms with Gasteiger partial charge in [0, 0.05) is 10.9 Å². The molecule has 0 aliphatic heterocycles. The number of benzene rings is 1. The quantitative estimate of drug-likeness (QED) is 0.843. The highest BCUT2D eigenvalue weighted by molar-refractivity contribution is 8.00. The molecule has 110 valence electrons. The van der Waals surface area contributed by atoms with Crippen LogP contribution in [0.1, 0.15) is 57.4 Å². The van der Waals surface area contributed by atoms with E-state index >= 15 is 0 Å². The molecular formula is C17H25NOS. The first-order chi connectivity index (χ1) is 9.65. The van der Waals surface area contributed by atoms with Gasteiger partial charge >= 0.3 is 0 Å². The van der Waals surface area contributed by atoms with Gasteiger partial charge in [0.15, 0.2) is 0 Å². The largest absolute Gasteiger partial charge is 0.325 e. The highest BCUT2D eigenvalue weighted by atomic mass is 32.2. The van der Waals surface area contributed by atoms with Gasteiger partial charge in [-0.3, -0.25) is 4.79 Å². The van der Waals surface area contributed by atoms with E-state index in [1.165, 1.54) is 37.7 Å². The molecule has 1 amide bonds. The predicted octanol–water partition coefficient (Wildman–Crippen LogP) is 4.81. The molecule has 1 aromatic carbocycles. The summed E-state index contributed by atoms with van der Waals surface area (Å²) in [7, 11) is 0. The highest BCUT2D eigenvalue weighted by Gasteiger charge is 2.15. The molecular weight excluding hydrogens is 266 g/mol. The van der Waals surface area contributed by atoms with Crippen LogP contribution in [0.2, 0.25) is 0 Å². The van der Waals surface area contributed by atoms with Gasteiger partial charge < -0.3 is 5.32 Å². The van der Waals surface area contributed by atoms with Crippen LogP contribution in [0, 0.1) is 0 Å². The molecule has 2 nitrogen and oxygen atoms in total. The second-order valence-corrected chi connectivity index (χ2v) is 7.19. The maximum Gasteiger partial charge on any atom is 0.234 e. The van der Waals surface area contributed by atoms with E-state index < -0.39 is 0 Å². The second-order valence-electron chi connectivity index (χ2n) is 5.90. The minimum atomic E-state index is 0.126. The molecule has 1 N–H and O–H groups in total. The Balaban J connectivity index is 1.80. The zero-order valence-electron chi connectivity index (χ0n) is 12.5. The highest BCUT2D eigenvalue weighted by Crippen LogP contribution is 2.28. The summed E-state index contributed by atoms with van der Waals surface area (Å²) in [6, 6.07) is 8.17. The Bertz CT molecular complexity index is 438. The van der Waals surface area contributed by atoms with Crippen LogP contribution in [0.5, 0.6) is 0 Å². The summed E-state index contributed by atoms with van der Waals surface area (Å²) < 4.78 is 0. The number of thioether (sulfide) groups is 1. The van der Waals surface area contributed by atoms with Crippen molar-refractivity contribution in [3.05, 3.63) is 29.8 Å². The summed E-state index contributed by atoms with van der Waals surface area (Å²) in [5.41, 5.74) is 2.19. The predicted molar refractivity (Wildman–Crippen MR) is 88.5 cm³/mol. The van der Waals surface area contributed by atoms with Gasteiger partial charge in [-0.15, -0.1) is 11.8 Å². The first-order valence-corrected chi connectivity index (χ1v) is 8.71. The average Bonchev–Trinajstić information content (AvgIpc) is 2.46. The fraction of sp³-hybridized carbons (Fsp3) is 0.588. The number of carbonyl (C=O) groups excluding carboxylic acids is 1. The Hall–Kier alpha value is -0.960. The van der Waals surface area contributed by atoms with Gasteiger partial charge in [-0.2, -0.15) is 0 Å². The molecule has 0 radical (unpaired) electrons. The first kappa shape index (κ1) is 15.4. The standard InChI is InChI=1S/C17H25NOS/c1-13(2)14-7-6-8-15(11-14)18-17(19)12-20-16-9-4-3-5-10-16/h6-8,11,13,16H,3-5,9-10,12H2,1-2H3,(H,18,19). The van der Waals surface area contributed by atoms with Crippen LogP contribution in [0.25, 0.3) is 0 Å². The van der Waals surface area contributed by atoms with Crippen LogP contribution in [0.4, 0.5) is 5.69 Å². The molecule has 0 bridgehead atoms.